The second-order valence-electron chi connectivity index (χ2n) is 4.95. The maximum absolute atomic E-state index is 11.8. The van der Waals surface area contributed by atoms with Crippen LogP contribution in [0.1, 0.15) is 55.3 Å². The Morgan fingerprint density at radius 3 is 2.89 bits per heavy atom. The van der Waals surface area contributed by atoms with E-state index in [-0.39, 0.29) is 16.6 Å². The van der Waals surface area contributed by atoms with Gasteiger partial charge in [-0.25, -0.2) is 14.8 Å². The molecule has 1 saturated carbocycles. The fourth-order valence-corrected chi connectivity index (χ4v) is 1.76. The predicted octanol–water partition coefficient (Wildman–Crippen LogP) is 3.21. The second-order valence-corrected chi connectivity index (χ2v) is 5.35. The molecule has 1 aromatic rings. The van der Waals surface area contributed by atoms with Crippen molar-refractivity contribution in [1.82, 2.24) is 9.97 Å². The van der Waals surface area contributed by atoms with Crippen molar-refractivity contribution < 1.29 is 9.53 Å². The van der Waals surface area contributed by atoms with E-state index < -0.39 is 5.97 Å². The Kier molecular flexibility index (Phi) is 4.17. The van der Waals surface area contributed by atoms with E-state index in [9.17, 15) is 4.79 Å². The molecule has 1 aliphatic rings. The molecule has 0 amide bonds. The molecule has 0 bridgehead atoms. The number of ether oxygens (including phenoxy) is 1. The molecule has 0 radical (unpaired) electrons. The van der Waals surface area contributed by atoms with Gasteiger partial charge in [-0.05, 0) is 12.3 Å². The molecule has 2 rings (SSSR count). The van der Waals surface area contributed by atoms with E-state index in [2.05, 4.69) is 9.97 Å². The topological polar surface area (TPSA) is 52.1 Å². The van der Waals surface area contributed by atoms with E-state index in [0.717, 1.165) is 12.3 Å². The summed E-state index contributed by atoms with van der Waals surface area (Å²) in [7, 11) is 0. The Hall–Kier alpha value is -1.16. The molecule has 5 heteroatoms. The van der Waals surface area contributed by atoms with Crippen molar-refractivity contribution in [3.63, 3.8) is 0 Å². The summed E-state index contributed by atoms with van der Waals surface area (Å²) >= 11 is 5.92. The number of carbonyl (C=O) groups excluding carboxylic acids is 1. The Labute approximate surface area is 112 Å². The van der Waals surface area contributed by atoms with Gasteiger partial charge in [0.1, 0.15) is 5.82 Å². The maximum Gasteiger partial charge on any atom is 0.358 e. The van der Waals surface area contributed by atoms with Crippen LogP contribution in [-0.4, -0.2) is 22.5 Å². The van der Waals surface area contributed by atoms with Gasteiger partial charge in [0.15, 0.2) is 5.69 Å². The van der Waals surface area contributed by atoms with Gasteiger partial charge in [-0.2, -0.15) is 0 Å². The van der Waals surface area contributed by atoms with Crippen molar-refractivity contribution in [1.29, 1.82) is 0 Å². The lowest BCUT2D eigenvalue weighted by molar-refractivity contribution is 0.0487. The molecule has 1 aromatic heterocycles. The number of carbonyl (C=O) groups is 1. The van der Waals surface area contributed by atoms with Crippen LogP contribution in [0, 0.1) is 5.92 Å². The summed E-state index contributed by atoms with van der Waals surface area (Å²) in [6.07, 6.45) is 4.90. The molecule has 18 heavy (non-hydrogen) atoms. The normalized spacial score (nSPS) is 14.9. The van der Waals surface area contributed by atoms with Crippen molar-refractivity contribution in [2.24, 2.45) is 5.92 Å². The third-order valence-electron chi connectivity index (χ3n) is 2.93. The Morgan fingerprint density at radius 2 is 2.28 bits per heavy atom. The lowest BCUT2D eigenvalue weighted by Gasteiger charge is -2.08. The molecular formula is C13H17ClN2O2. The average molecular weight is 269 g/mol. The molecule has 0 N–H and O–H groups in total. The summed E-state index contributed by atoms with van der Waals surface area (Å²) in [4.78, 5) is 20.1. The van der Waals surface area contributed by atoms with Crippen LogP contribution in [0.15, 0.2) is 6.20 Å². The van der Waals surface area contributed by atoms with Crippen LogP contribution in [0.4, 0.5) is 0 Å². The van der Waals surface area contributed by atoms with Crippen LogP contribution in [0.3, 0.4) is 0 Å². The molecule has 0 saturated heterocycles. The van der Waals surface area contributed by atoms with Gasteiger partial charge in [0, 0.05) is 5.92 Å². The number of hydrogen-bond donors (Lipinski definition) is 0. The van der Waals surface area contributed by atoms with E-state index >= 15 is 0 Å². The predicted molar refractivity (Wildman–Crippen MR) is 68.8 cm³/mol. The van der Waals surface area contributed by atoms with Gasteiger partial charge >= 0.3 is 5.97 Å². The number of nitrogens with zero attached hydrogens (tertiary/aromatic N) is 2. The van der Waals surface area contributed by atoms with Crippen LogP contribution >= 0.6 is 11.6 Å². The summed E-state index contributed by atoms with van der Waals surface area (Å²) < 4.78 is 5.18. The van der Waals surface area contributed by atoms with Crippen molar-refractivity contribution in [3.05, 3.63) is 22.7 Å². The maximum atomic E-state index is 11.8. The highest BCUT2D eigenvalue weighted by Crippen LogP contribution is 2.32. The first-order valence-electron chi connectivity index (χ1n) is 6.27. The number of hydrogen-bond acceptors (Lipinski definition) is 4. The zero-order chi connectivity index (χ0) is 13.1. The zero-order valence-corrected chi connectivity index (χ0v) is 11.4. The van der Waals surface area contributed by atoms with Crippen LogP contribution in [0.25, 0.3) is 0 Å². The molecule has 1 aliphatic carbocycles. The van der Waals surface area contributed by atoms with Gasteiger partial charge in [0.2, 0.25) is 0 Å². The minimum absolute atomic E-state index is 0.153. The van der Waals surface area contributed by atoms with Crippen molar-refractivity contribution >= 4 is 17.6 Å². The Balaban J connectivity index is 2.00. The van der Waals surface area contributed by atoms with Gasteiger partial charge in [-0.15, -0.1) is 0 Å². The molecule has 1 fully saturated rings. The molecule has 0 atom stereocenters. The minimum Gasteiger partial charge on any atom is -0.461 e. The van der Waals surface area contributed by atoms with E-state index in [1.807, 2.05) is 13.8 Å². The van der Waals surface area contributed by atoms with Crippen LogP contribution in [0.2, 0.25) is 5.02 Å². The summed E-state index contributed by atoms with van der Waals surface area (Å²) in [5.74, 6) is 1.05. The van der Waals surface area contributed by atoms with Gasteiger partial charge in [0.25, 0.3) is 0 Å². The summed E-state index contributed by atoms with van der Waals surface area (Å²) in [6, 6.07) is 0. The monoisotopic (exact) mass is 268 g/mol. The first-order chi connectivity index (χ1) is 8.58. The van der Waals surface area contributed by atoms with E-state index in [1.54, 1.807) is 0 Å². The average Bonchev–Trinajstić information content (AvgIpc) is 3.13. The third kappa shape index (κ3) is 3.42. The fourth-order valence-electron chi connectivity index (χ4n) is 1.60. The minimum atomic E-state index is -0.454. The zero-order valence-electron chi connectivity index (χ0n) is 10.6. The number of rotatable bonds is 5. The lowest BCUT2D eigenvalue weighted by atomic mass is 10.2. The molecule has 1 heterocycles. The largest absolute Gasteiger partial charge is 0.461 e. The number of esters is 1. The number of halogens is 1. The van der Waals surface area contributed by atoms with E-state index in [4.69, 9.17) is 16.3 Å². The first kappa shape index (κ1) is 13.3. The molecule has 98 valence electrons. The molecule has 0 spiro atoms. The SMILES string of the molecule is CC(C)c1ncc(Cl)c(C(=O)OCCC2CC2)n1. The smallest absolute Gasteiger partial charge is 0.358 e. The van der Waals surface area contributed by atoms with E-state index in [0.29, 0.717) is 12.4 Å². The number of aromatic nitrogens is 2. The van der Waals surface area contributed by atoms with E-state index in [1.165, 1.54) is 19.0 Å². The summed E-state index contributed by atoms with van der Waals surface area (Å²) in [5, 5.41) is 0.246. The second kappa shape index (κ2) is 5.65. The highest BCUT2D eigenvalue weighted by atomic mass is 35.5. The quantitative estimate of drug-likeness (QED) is 0.770. The Morgan fingerprint density at radius 1 is 1.56 bits per heavy atom. The highest BCUT2D eigenvalue weighted by molar-refractivity contribution is 6.33. The molecule has 0 unspecified atom stereocenters. The third-order valence-corrected chi connectivity index (χ3v) is 3.21. The molecule has 0 aliphatic heterocycles. The van der Waals surface area contributed by atoms with Crippen LogP contribution < -0.4 is 0 Å². The summed E-state index contributed by atoms with van der Waals surface area (Å²) in [5.41, 5.74) is 0.172. The Bertz CT molecular complexity index is 445. The summed E-state index contributed by atoms with van der Waals surface area (Å²) in [6.45, 7) is 4.37. The molecule has 4 nitrogen and oxygen atoms in total. The van der Waals surface area contributed by atoms with Crippen LogP contribution in [-0.2, 0) is 4.74 Å². The molecular weight excluding hydrogens is 252 g/mol. The van der Waals surface area contributed by atoms with Gasteiger partial charge < -0.3 is 4.74 Å². The van der Waals surface area contributed by atoms with Crippen LogP contribution in [0.5, 0.6) is 0 Å². The first-order valence-corrected chi connectivity index (χ1v) is 6.65. The van der Waals surface area contributed by atoms with Gasteiger partial charge in [-0.1, -0.05) is 38.3 Å². The van der Waals surface area contributed by atoms with Crippen molar-refractivity contribution in [3.8, 4) is 0 Å². The van der Waals surface area contributed by atoms with Gasteiger partial charge in [-0.3, -0.25) is 0 Å². The lowest BCUT2D eigenvalue weighted by Crippen LogP contribution is -2.12. The standard InChI is InChI=1S/C13H17ClN2O2/c1-8(2)12-15-7-10(14)11(16-12)13(17)18-6-5-9-3-4-9/h7-9H,3-6H2,1-2H3. The molecule has 0 aromatic carbocycles. The van der Waals surface area contributed by atoms with Crippen molar-refractivity contribution in [2.45, 2.75) is 39.0 Å². The highest BCUT2D eigenvalue weighted by Gasteiger charge is 2.22. The fraction of sp³-hybridized carbons (Fsp3) is 0.615. The van der Waals surface area contributed by atoms with Gasteiger partial charge in [0.05, 0.1) is 17.8 Å². The van der Waals surface area contributed by atoms with Crippen molar-refractivity contribution in [2.75, 3.05) is 6.61 Å².